The summed E-state index contributed by atoms with van der Waals surface area (Å²) in [6.45, 7) is 1.23. The molecule has 0 spiro atoms. The number of hydrogen-bond acceptors (Lipinski definition) is 5. The van der Waals surface area contributed by atoms with Crippen LogP contribution < -0.4 is 4.74 Å². The Balaban J connectivity index is 2.15. The quantitative estimate of drug-likeness (QED) is 0.815. The van der Waals surface area contributed by atoms with Crippen molar-refractivity contribution in [3.8, 4) is 5.88 Å². The molecule has 98 valence electrons. The third kappa shape index (κ3) is 2.60. The third-order valence-corrected chi connectivity index (χ3v) is 2.82. The lowest BCUT2D eigenvalue weighted by atomic mass is 10.2. The van der Waals surface area contributed by atoms with Gasteiger partial charge in [0.15, 0.2) is 0 Å². The molecule has 1 aromatic rings. The van der Waals surface area contributed by atoms with Gasteiger partial charge in [0.1, 0.15) is 5.56 Å². The summed E-state index contributed by atoms with van der Waals surface area (Å²) in [5.41, 5.74) is 0.429. The van der Waals surface area contributed by atoms with Gasteiger partial charge in [-0.25, -0.2) is 4.98 Å². The molecule has 1 N–H and O–H groups in total. The fourth-order valence-corrected chi connectivity index (χ4v) is 1.90. The zero-order valence-electron chi connectivity index (χ0n) is 10.2. The molecule has 1 saturated heterocycles. The maximum absolute atomic E-state index is 12.3. The number of carbonyl (C=O) groups excluding carboxylic acids is 1. The monoisotopic (exact) mass is 252 g/mol. The van der Waals surface area contributed by atoms with E-state index < -0.39 is 0 Å². The van der Waals surface area contributed by atoms with Gasteiger partial charge in [-0.05, 0) is 12.1 Å². The van der Waals surface area contributed by atoms with Crippen LogP contribution >= 0.6 is 0 Å². The molecule has 2 heterocycles. The Morgan fingerprint density at radius 1 is 1.72 bits per heavy atom. The van der Waals surface area contributed by atoms with E-state index in [0.717, 1.165) is 0 Å². The average molecular weight is 252 g/mol. The van der Waals surface area contributed by atoms with Gasteiger partial charge in [0.05, 0.1) is 26.4 Å². The molecule has 0 aliphatic carbocycles. The van der Waals surface area contributed by atoms with Crippen molar-refractivity contribution in [2.24, 2.45) is 0 Å². The number of aliphatic hydroxyl groups excluding tert-OH is 1. The van der Waals surface area contributed by atoms with E-state index in [-0.39, 0.29) is 18.6 Å². The van der Waals surface area contributed by atoms with Crippen LogP contribution in [0.4, 0.5) is 0 Å². The number of ether oxygens (including phenoxy) is 2. The van der Waals surface area contributed by atoms with Crippen LogP contribution in [0.2, 0.25) is 0 Å². The van der Waals surface area contributed by atoms with Gasteiger partial charge in [0.25, 0.3) is 5.91 Å². The molecular formula is C12H16N2O4. The van der Waals surface area contributed by atoms with Gasteiger partial charge in [0.2, 0.25) is 5.88 Å². The summed E-state index contributed by atoms with van der Waals surface area (Å²) in [6.07, 6.45) is 1.26. The Kier molecular flexibility index (Phi) is 4.11. The molecule has 6 nitrogen and oxygen atoms in total. The minimum Gasteiger partial charge on any atom is -0.480 e. The van der Waals surface area contributed by atoms with Crippen molar-refractivity contribution in [3.05, 3.63) is 23.9 Å². The van der Waals surface area contributed by atoms with E-state index in [4.69, 9.17) is 14.6 Å². The molecule has 1 amide bonds. The number of nitrogens with zero attached hydrogens (tertiary/aromatic N) is 2. The van der Waals surface area contributed by atoms with E-state index in [0.29, 0.717) is 31.1 Å². The third-order valence-electron chi connectivity index (χ3n) is 2.82. The van der Waals surface area contributed by atoms with Gasteiger partial charge in [-0.1, -0.05) is 0 Å². The molecule has 0 aromatic carbocycles. The lowest BCUT2D eigenvalue weighted by Gasteiger charge is -2.32. The zero-order chi connectivity index (χ0) is 13.0. The maximum Gasteiger partial charge on any atom is 0.259 e. The van der Waals surface area contributed by atoms with Gasteiger partial charge >= 0.3 is 0 Å². The highest BCUT2D eigenvalue weighted by Gasteiger charge is 2.26. The summed E-state index contributed by atoms with van der Waals surface area (Å²) >= 11 is 0. The van der Waals surface area contributed by atoms with Crippen molar-refractivity contribution in [1.29, 1.82) is 0 Å². The molecular weight excluding hydrogens is 236 g/mol. The van der Waals surface area contributed by atoms with Crippen molar-refractivity contribution in [2.45, 2.75) is 6.10 Å². The van der Waals surface area contributed by atoms with Crippen LogP contribution in [0, 0.1) is 0 Å². The first-order valence-corrected chi connectivity index (χ1v) is 5.77. The number of methoxy groups -OCH3 is 1. The largest absolute Gasteiger partial charge is 0.480 e. The second-order valence-corrected chi connectivity index (χ2v) is 3.99. The normalized spacial score (nSPS) is 19.7. The number of morpholine rings is 1. The Labute approximate surface area is 105 Å². The molecule has 1 atom stereocenters. The number of aromatic nitrogens is 1. The molecule has 0 saturated carbocycles. The summed E-state index contributed by atoms with van der Waals surface area (Å²) in [5.74, 6) is 0.163. The van der Waals surface area contributed by atoms with Crippen LogP contribution in [-0.2, 0) is 4.74 Å². The Hall–Kier alpha value is -1.66. The van der Waals surface area contributed by atoms with Crippen LogP contribution in [0.5, 0.6) is 5.88 Å². The zero-order valence-corrected chi connectivity index (χ0v) is 10.2. The molecule has 1 aliphatic heterocycles. The predicted molar refractivity (Wildman–Crippen MR) is 63.5 cm³/mol. The highest BCUT2D eigenvalue weighted by atomic mass is 16.5. The lowest BCUT2D eigenvalue weighted by Crippen LogP contribution is -2.47. The van der Waals surface area contributed by atoms with E-state index in [2.05, 4.69) is 4.98 Å². The summed E-state index contributed by atoms with van der Waals surface area (Å²) in [7, 11) is 1.48. The SMILES string of the molecule is COc1ncccc1C(=O)N1CCOC(CO)C1. The minimum absolute atomic E-state index is 0.0893. The number of rotatable bonds is 3. The minimum atomic E-state index is -0.314. The van der Waals surface area contributed by atoms with E-state index in [1.165, 1.54) is 7.11 Å². The predicted octanol–water partition coefficient (Wildman–Crippen LogP) is -0.0765. The van der Waals surface area contributed by atoms with Crippen molar-refractivity contribution < 1.29 is 19.4 Å². The molecule has 18 heavy (non-hydrogen) atoms. The lowest BCUT2D eigenvalue weighted by molar-refractivity contribution is -0.0448. The van der Waals surface area contributed by atoms with Crippen molar-refractivity contribution >= 4 is 5.91 Å². The number of amides is 1. The van der Waals surface area contributed by atoms with Gasteiger partial charge < -0.3 is 19.5 Å². The first-order chi connectivity index (χ1) is 8.76. The van der Waals surface area contributed by atoms with E-state index in [9.17, 15) is 4.79 Å². The topological polar surface area (TPSA) is 71.9 Å². The number of pyridine rings is 1. The van der Waals surface area contributed by atoms with E-state index in [1.54, 1.807) is 23.2 Å². The summed E-state index contributed by atoms with van der Waals surface area (Å²) in [4.78, 5) is 18.0. The van der Waals surface area contributed by atoms with E-state index in [1.807, 2.05) is 0 Å². The molecule has 0 bridgehead atoms. The molecule has 1 aromatic heterocycles. The summed E-state index contributed by atoms with van der Waals surface area (Å²) in [5, 5.41) is 9.06. The average Bonchev–Trinajstić information content (AvgIpc) is 2.46. The summed E-state index contributed by atoms with van der Waals surface area (Å²) < 4.78 is 10.4. The number of carbonyl (C=O) groups is 1. The van der Waals surface area contributed by atoms with Gasteiger partial charge in [-0.3, -0.25) is 4.79 Å². The fourth-order valence-electron chi connectivity index (χ4n) is 1.90. The molecule has 1 fully saturated rings. The number of hydrogen-bond donors (Lipinski definition) is 1. The van der Waals surface area contributed by atoms with Crippen molar-refractivity contribution in [1.82, 2.24) is 9.88 Å². The first kappa shape index (κ1) is 12.8. The Morgan fingerprint density at radius 3 is 3.28 bits per heavy atom. The van der Waals surface area contributed by atoms with Crippen molar-refractivity contribution in [2.75, 3.05) is 33.4 Å². The molecule has 0 radical (unpaired) electrons. The van der Waals surface area contributed by atoms with Crippen LogP contribution in [-0.4, -0.2) is 60.4 Å². The molecule has 1 aliphatic rings. The van der Waals surface area contributed by atoms with Crippen LogP contribution in [0.15, 0.2) is 18.3 Å². The molecule has 6 heteroatoms. The second-order valence-electron chi connectivity index (χ2n) is 3.99. The van der Waals surface area contributed by atoms with Crippen LogP contribution in [0.1, 0.15) is 10.4 Å². The smallest absolute Gasteiger partial charge is 0.259 e. The Bertz CT molecular complexity index is 424. The maximum atomic E-state index is 12.3. The van der Waals surface area contributed by atoms with Gasteiger partial charge in [-0.15, -0.1) is 0 Å². The van der Waals surface area contributed by atoms with Gasteiger partial charge in [-0.2, -0.15) is 0 Å². The first-order valence-electron chi connectivity index (χ1n) is 5.77. The van der Waals surface area contributed by atoms with Gasteiger partial charge in [0, 0.05) is 19.3 Å². The highest BCUT2D eigenvalue weighted by Crippen LogP contribution is 2.17. The summed E-state index contributed by atoms with van der Waals surface area (Å²) in [6, 6.07) is 3.37. The van der Waals surface area contributed by atoms with E-state index >= 15 is 0 Å². The number of aliphatic hydroxyl groups is 1. The molecule has 2 rings (SSSR count). The molecule has 1 unspecified atom stereocenters. The standard InChI is InChI=1S/C12H16N2O4/c1-17-11-10(3-2-4-13-11)12(16)14-5-6-18-9(7-14)8-15/h2-4,9,15H,5-8H2,1H3. The highest BCUT2D eigenvalue weighted by molar-refractivity contribution is 5.96. The Morgan fingerprint density at radius 2 is 2.56 bits per heavy atom. The van der Waals surface area contributed by atoms with Crippen molar-refractivity contribution in [3.63, 3.8) is 0 Å². The second kappa shape index (κ2) is 5.79. The van der Waals surface area contributed by atoms with Crippen LogP contribution in [0.25, 0.3) is 0 Å². The fraction of sp³-hybridized carbons (Fsp3) is 0.500. The van der Waals surface area contributed by atoms with Crippen LogP contribution in [0.3, 0.4) is 0 Å².